The van der Waals surface area contributed by atoms with E-state index in [9.17, 15) is 0 Å². The van der Waals surface area contributed by atoms with E-state index in [1.165, 1.54) is 12.8 Å². The number of rotatable bonds is 5. The zero-order valence-electron chi connectivity index (χ0n) is 13.4. The van der Waals surface area contributed by atoms with E-state index in [2.05, 4.69) is 39.1 Å². The molecule has 0 radical (unpaired) electrons. The number of anilines is 2. The molecule has 7 heteroatoms. The molecule has 1 aromatic heterocycles. The second kappa shape index (κ2) is 6.43. The largest absolute Gasteiger partial charge is 0.464 e. The van der Waals surface area contributed by atoms with Gasteiger partial charge >= 0.3 is 6.01 Å². The summed E-state index contributed by atoms with van der Waals surface area (Å²) < 4.78 is 5.38. The molecule has 1 aliphatic rings. The third kappa shape index (κ3) is 3.93. The summed E-state index contributed by atoms with van der Waals surface area (Å²) in [6, 6.07) is 0.749. The summed E-state index contributed by atoms with van der Waals surface area (Å²) in [6.07, 6.45) is 4.72. The number of ether oxygens (including phenoxy) is 1. The molecule has 0 aromatic carbocycles. The molecule has 7 nitrogen and oxygen atoms in total. The first-order valence-corrected chi connectivity index (χ1v) is 7.53. The van der Waals surface area contributed by atoms with Crippen molar-refractivity contribution in [3.8, 4) is 6.01 Å². The number of nitrogens with zero attached hydrogens (tertiary/aromatic N) is 4. The van der Waals surface area contributed by atoms with Crippen LogP contribution in [0.1, 0.15) is 46.5 Å². The van der Waals surface area contributed by atoms with Crippen molar-refractivity contribution in [1.29, 1.82) is 0 Å². The van der Waals surface area contributed by atoms with Gasteiger partial charge in [-0.25, -0.2) is 5.84 Å². The van der Waals surface area contributed by atoms with Crippen LogP contribution in [0.15, 0.2) is 0 Å². The van der Waals surface area contributed by atoms with Crippen molar-refractivity contribution in [2.75, 3.05) is 24.0 Å². The maximum atomic E-state index is 5.42. The lowest BCUT2D eigenvalue weighted by Crippen LogP contribution is -2.38. The van der Waals surface area contributed by atoms with Gasteiger partial charge < -0.3 is 9.64 Å². The Morgan fingerprint density at radius 1 is 1.29 bits per heavy atom. The average molecular weight is 294 g/mol. The highest BCUT2D eigenvalue weighted by Gasteiger charge is 2.30. The second-order valence-corrected chi connectivity index (χ2v) is 6.33. The Morgan fingerprint density at radius 2 is 1.95 bits per heavy atom. The van der Waals surface area contributed by atoms with Gasteiger partial charge in [0.2, 0.25) is 11.9 Å². The van der Waals surface area contributed by atoms with Gasteiger partial charge in [0.25, 0.3) is 0 Å². The molecule has 21 heavy (non-hydrogen) atoms. The first-order valence-electron chi connectivity index (χ1n) is 7.53. The number of nitrogen functional groups attached to an aromatic ring is 1. The summed E-state index contributed by atoms with van der Waals surface area (Å²) in [5.74, 6) is 6.35. The monoisotopic (exact) mass is 294 g/mol. The molecule has 1 aliphatic carbocycles. The second-order valence-electron chi connectivity index (χ2n) is 6.33. The predicted octanol–water partition coefficient (Wildman–Crippen LogP) is 1.96. The minimum Gasteiger partial charge on any atom is -0.464 e. The first kappa shape index (κ1) is 15.8. The van der Waals surface area contributed by atoms with Gasteiger partial charge in [0.1, 0.15) is 0 Å². The zero-order chi connectivity index (χ0) is 15.5. The SMILES string of the molecule is CCOc1nc(NN)nc(N(C)C2CCC(C)(C)CC2)n1. The highest BCUT2D eigenvalue weighted by Crippen LogP contribution is 2.37. The van der Waals surface area contributed by atoms with Crippen LogP contribution in [-0.4, -0.2) is 34.6 Å². The topological polar surface area (TPSA) is 89.2 Å². The minimum absolute atomic E-state index is 0.304. The van der Waals surface area contributed by atoms with Gasteiger partial charge in [0.05, 0.1) is 6.61 Å². The maximum Gasteiger partial charge on any atom is 0.323 e. The van der Waals surface area contributed by atoms with Crippen LogP contribution in [-0.2, 0) is 0 Å². The van der Waals surface area contributed by atoms with E-state index >= 15 is 0 Å². The van der Waals surface area contributed by atoms with E-state index in [1.807, 2.05) is 14.0 Å². The van der Waals surface area contributed by atoms with Crippen LogP contribution < -0.4 is 20.9 Å². The number of aromatic nitrogens is 3. The summed E-state index contributed by atoms with van der Waals surface area (Å²) in [5.41, 5.74) is 2.91. The van der Waals surface area contributed by atoms with E-state index < -0.39 is 0 Å². The highest BCUT2D eigenvalue weighted by molar-refractivity contribution is 5.38. The molecule has 0 unspecified atom stereocenters. The zero-order valence-corrected chi connectivity index (χ0v) is 13.4. The Hall–Kier alpha value is -1.63. The predicted molar refractivity (Wildman–Crippen MR) is 83.2 cm³/mol. The van der Waals surface area contributed by atoms with Crippen LogP contribution >= 0.6 is 0 Å². The van der Waals surface area contributed by atoms with Crippen LogP contribution in [0.25, 0.3) is 0 Å². The van der Waals surface area contributed by atoms with Crippen LogP contribution in [0.3, 0.4) is 0 Å². The van der Waals surface area contributed by atoms with E-state index in [0.717, 1.165) is 12.8 Å². The number of nitrogens with one attached hydrogen (secondary N) is 1. The van der Waals surface area contributed by atoms with Gasteiger partial charge in [-0.3, -0.25) is 5.43 Å². The molecule has 0 saturated heterocycles. The third-order valence-corrected chi connectivity index (χ3v) is 4.18. The summed E-state index contributed by atoms with van der Waals surface area (Å²) in [5, 5.41) is 0. The highest BCUT2D eigenvalue weighted by atomic mass is 16.5. The molecule has 3 N–H and O–H groups in total. The fraction of sp³-hybridized carbons (Fsp3) is 0.786. The number of hydrogen-bond acceptors (Lipinski definition) is 7. The van der Waals surface area contributed by atoms with Crippen LogP contribution in [0.2, 0.25) is 0 Å². The first-order chi connectivity index (χ1) is 9.95. The Morgan fingerprint density at radius 3 is 2.52 bits per heavy atom. The van der Waals surface area contributed by atoms with Crippen molar-refractivity contribution in [2.24, 2.45) is 11.3 Å². The molecule has 1 saturated carbocycles. The van der Waals surface area contributed by atoms with Crippen molar-refractivity contribution in [3.05, 3.63) is 0 Å². The summed E-state index contributed by atoms with van der Waals surface area (Å²) in [7, 11) is 2.02. The van der Waals surface area contributed by atoms with Crippen molar-refractivity contribution < 1.29 is 4.74 Å². The summed E-state index contributed by atoms with van der Waals surface area (Å²) >= 11 is 0. The number of hydrogen-bond donors (Lipinski definition) is 2. The Bertz CT molecular complexity index is 469. The summed E-state index contributed by atoms with van der Waals surface area (Å²) in [6.45, 7) is 7.06. The van der Waals surface area contributed by atoms with Gasteiger partial charge in [-0.15, -0.1) is 0 Å². The molecule has 0 spiro atoms. The molecule has 1 heterocycles. The lowest BCUT2D eigenvalue weighted by molar-refractivity contribution is 0.221. The standard InChI is InChI=1S/C14H26N6O/c1-5-21-13-17-11(19-15)16-12(18-13)20(4)10-6-8-14(2,3)9-7-10/h10H,5-9,15H2,1-4H3,(H,16,17,18,19). The van der Waals surface area contributed by atoms with Crippen LogP contribution in [0, 0.1) is 5.41 Å². The molecule has 2 rings (SSSR count). The van der Waals surface area contributed by atoms with Gasteiger partial charge in [-0.05, 0) is 38.0 Å². The quantitative estimate of drug-likeness (QED) is 0.633. The van der Waals surface area contributed by atoms with Crippen molar-refractivity contribution in [3.63, 3.8) is 0 Å². The molecule has 1 aromatic rings. The van der Waals surface area contributed by atoms with E-state index in [1.54, 1.807) is 0 Å². The maximum absolute atomic E-state index is 5.42. The Labute approximate surface area is 126 Å². The summed E-state index contributed by atoms with van der Waals surface area (Å²) in [4.78, 5) is 14.9. The van der Waals surface area contributed by atoms with Gasteiger partial charge in [0.15, 0.2) is 0 Å². The van der Waals surface area contributed by atoms with Crippen LogP contribution in [0.5, 0.6) is 6.01 Å². The molecule has 1 fully saturated rings. The van der Waals surface area contributed by atoms with Crippen LogP contribution in [0.4, 0.5) is 11.9 Å². The molecular weight excluding hydrogens is 268 g/mol. The smallest absolute Gasteiger partial charge is 0.323 e. The fourth-order valence-corrected chi connectivity index (χ4v) is 2.70. The molecule has 0 aliphatic heterocycles. The van der Waals surface area contributed by atoms with E-state index in [4.69, 9.17) is 10.6 Å². The van der Waals surface area contributed by atoms with Crippen molar-refractivity contribution in [1.82, 2.24) is 15.0 Å². The van der Waals surface area contributed by atoms with Crippen molar-refractivity contribution >= 4 is 11.9 Å². The average Bonchev–Trinajstić information content (AvgIpc) is 2.46. The lowest BCUT2D eigenvalue weighted by Gasteiger charge is -2.38. The van der Waals surface area contributed by atoms with E-state index in [-0.39, 0.29) is 0 Å². The molecule has 118 valence electrons. The normalized spacial score (nSPS) is 18.3. The number of nitrogens with two attached hydrogens (primary N) is 1. The fourth-order valence-electron chi connectivity index (χ4n) is 2.70. The van der Waals surface area contributed by atoms with Gasteiger partial charge in [-0.1, -0.05) is 13.8 Å². The van der Waals surface area contributed by atoms with E-state index in [0.29, 0.717) is 36.0 Å². The van der Waals surface area contributed by atoms with Gasteiger partial charge in [0, 0.05) is 13.1 Å². The Balaban J connectivity index is 2.14. The molecule has 0 bridgehead atoms. The van der Waals surface area contributed by atoms with Gasteiger partial charge in [-0.2, -0.15) is 15.0 Å². The minimum atomic E-state index is 0.304. The lowest BCUT2D eigenvalue weighted by atomic mass is 9.75. The molecule has 0 amide bonds. The molecular formula is C14H26N6O. The Kier molecular flexibility index (Phi) is 4.82. The molecule has 0 atom stereocenters. The number of hydrazine groups is 1. The van der Waals surface area contributed by atoms with Crippen molar-refractivity contribution in [2.45, 2.75) is 52.5 Å². The third-order valence-electron chi connectivity index (χ3n) is 4.18.